The van der Waals surface area contributed by atoms with Crippen molar-refractivity contribution in [3.8, 4) is 23.5 Å². The van der Waals surface area contributed by atoms with Crippen LogP contribution in [0.2, 0.25) is 0 Å². The van der Waals surface area contributed by atoms with E-state index in [1.54, 1.807) is 19.3 Å². The van der Waals surface area contributed by atoms with Crippen LogP contribution in [-0.2, 0) is 11.8 Å². The summed E-state index contributed by atoms with van der Waals surface area (Å²) >= 11 is 0. The normalized spacial score (nSPS) is 12.7. The van der Waals surface area contributed by atoms with Gasteiger partial charge in [-0.3, -0.25) is 9.59 Å². The Morgan fingerprint density at radius 2 is 1.97 bits per heavy atom. The van der Waals surface area contributed by atoms with Gasteiger partial charge in [-0.15, -0.1) is 6.42 Å². The molecule has 0 aliphatic carbocycles. The lowest BCUT2D eigenvalue weighted by molar-refractivity contribution is -0.122. The Labute approximate surface area is 177 Å². The molecule has 0 saturated carbocycles. The van der Waals surface area contributed by atoms with Gasteiger partial charge in [-0.2, -0.15) is 0 Å². The van der Waals surface area contributed by atoms with Gasteiger partial charge in [0.15, 0.2) is 6.23 Å². The fourth-order valence-electron chi connectivity index (χ4n) is 3.17. The fourth-order valence-corrected chi connectivity index (χ4v) is 3.17. The number of aromatic nitrogens is 1. The summed E-state index contributed by atoms with van der Waals surface area (Å²) in [4.78, 5) is 25.2. The van der Waals surface area contributed by atoms with E-state index in [4.69, 9.17) is 6.42 Å². The number of terminal acetylenes is 1. The zero-order chi connectivity index (χ0) is 22.4. The third-order valence-corrected chi connectivity index (χ3v) is 4.80. The van der Waals surface area contributed by atoms with Crippen molar-refractivity contribution in [1.29, 1.82) is 0 Å². The molecule has 0 aliphatic rings. The number of rotatable bonds is 8. The monoisotopic (exact) mass is 410 g/mol. The molecule has 2 aromatic rings. The van der Waals surface area contributed by atoms with Crippen molar-refractivity contribution in [2.45, 2.75) is 40.0 Å². The Bertz CT molecular complexity index is 1000. The number of amides is 1. The lowest BCUT2D eigenvalue weighted by Crippen LogP contribution is -2.44. The topological polar surface area (TPSA) is 95.4 Å². The predicted octanol–water partition coefficient (Wildman–Crippen LogP) is 2.30. The minimum absolute atomic E-state index is 0.00979. The summed E-state index contributed by atoms with van der Waals surface area (Å²) in [5.74, 6) is 2.06. The Balaban J connectivity index is 2.49. The van der Waals surface area contributed by atoms with E-state index < -0.39 is 12.3 Å². The summed E-state index contributed by atoms with van der Waals surface area (Å²) in [6, 6.07) is 6.81. The number of likely N-dealkylation sites (N-methyl/N-ethyl adjacent to an activating group) is 1. The van der Waals surface area contributed by atoms with Crippen molar-refractivity contribution >= 4 is 17.3 Å². The third kappa shape index (κ3) is 5.43. The highest BCUT2D eigenvalue weighted by Gasteiger charge is 2.23. The first kappa shape index (κ1) is 23.0. The molecule has 1 aromatic carbocycles. The van der Waals surface area contributed by atoms with E-state index >= 15 is 0 Å². The molecule has 1 amide bonds. The average molecular weight is 411 g/mol. The number of hydrogen-bond donors (Lipinski definition) is 4. The van der Waals surface area contributed by atoms with Crippen LogP contribution >= 0.6 is 0 Å². The minimum atomic E-state index is -1.10. The summed E-state index contributed by atoms with van der Waals surface area (Å²) in [5.41, 5.74) is 3.46. The second-order valence-corrected chi connectivity index (χ2v) is 7.56. The Hall–Kier alpha value is -3.24. The maximum Gasteiger partial charge on any atom is 0.273 e. The summed E-state index contributed by atoms with van der Waals surface area (Å²) in [7, 11) is 1.67. The second-order valence-electron chi connectivity index (χ2n) is 7.56. The van der Waals surface area contributed by atoms with Crippen molar-refractivity contribution in [2.75, 3.05) is 17.2 Å². The van der Waals surface area contributed by atoms with E-state index in [0.29, 0.717) is 17.9 Å². The van der Waals surface area contributed by atoms with E-state index in [1.165, 1.54) is 4.57 Å². The lowest BCUT2D eigenvalue weighted by Gasteiger charge is -2.23. The molecule has 7 heteroatoms. The number of carbonyl (C=O) groups excluding carboxylic acids is 1. The highest BCUT2D eigenvalue weighted by molar-refractivity contribution is 5.85. The van der Waals surface area contributed by atoms with Gasteiger partial charge < -0.3 is 25.6 Å². The Kier molecular flexibility index (Phi) is 7.67. The quantitative estimate of drug-likeness (QED) is 0.396. The molecular formula is C23H30N4O3. The molecule has 30 heavy (non-hydrogen) atoms. The highest BCUT2D eigenvalue weighted by Crippen LogP contribution is 2.28. The third-order valence-electron chi connectivity index (χ3n) is 4.80. The molecule has 160 valence electrons. The van der Waals surface area contributed by atoms with Crippen molar-refractivity contribution in [2.24, 2.45) is 13.0 Å². The van der Waals surface area contributed by atoms with Crippen LogP contribution in [0.3, 0.4) is 0 Å². The molecule has 7 nitrogen and oxygen atoms in total. The van der Waals surface area contributed by atoms with Crippen LogP contribution in [-0.4, -0.2) is 34.4 Å². The second kappa shape index (κ2) is 9.99. The smallest absolute Gasteiger partial charge is 0.273 e. The van der Waals surface area contributed by atoms with Crippen LogP contribution in [0.5, 0.6) is 0 Å². The molecule has 1 aromatic heterocycles. The van der Waals surface area contributed by atoms with Gasteiger partial charge in [0, 0.05) is 31.0 Å². The van der Waals surface area contributed by atoms with Crippen LogP contribution in [0.1, 0.15) is 26.3 Å². The number of nitrogens with one attached hydrogen (secondary N) is 3. The molecule has 2 rings (SSSR count). The maximum atomic E-state index is 12.7. The van der Waals surface area contributed by atoms with Crippen molar-refractivity contribution in [1.82, 2.24) is 9.88 Å². The molecule has 4 N–H and O–H groups in total. The SMILES string of the molecule is C#CC(O)Nc1ccc(C)c(-c2cc(N[C@H](C(=O)NCC)C(C)C)c(=O)n(C)c2)c1. The summed E-state index contributed by atoms with van der Waals surface area (Å²) < 4.78 is 1.49. The summed E-state index contributed by atoms with van der Waals surface area (Å²) in [6.45, 7) is 8.19. The molecule has 0 saturated heterocycles. The van der Waals surface area contributed by atoms with E-state index in [2.05, 4.69) is 21.9 Å². The van der Waals surface area contributed by atoms with Crippen molar-refractivity contribution in [3.63, 3.8) is 0 Å². The summed E-state index contributed by atoms with van der Waals surface area (Å²) in [6.07, 6.45) is 5.88. The minimum Gasteiger partial charge on any atom is -0.369 e. The molecule has 0 fully saturated rings. The predicted molar refractivity (Wildman–Crippen MR) is 121 cm³/mol. The standard InChI is InChI=1S/C23H30N4O3/c1-7-20(28)25-17-10-9-15(5)18(12-17)16-11-19(23(30)27(6)13-16)26-21(14(3)4)22(29)24-8-2/h1,9-14,20-21,25-26,28H,8H2,2-6H3,(H,24,29)/t20?,21-/m0/s1. The molecule has 1 heterocycles. The first-order chi connectivity index (χ1) is 14.2. The number of carbonyl (C=O) groups is 1. The van der Waals surface area contributed by atoms with Gasteiger partial charge in [0.05, 0.1) is 0 Å². The zero-order valence-corrected chi connectivity index (χ0v) is 18.1. The molecule has 0 spiro atoms. The number of benzene rings is 1. The first-order valence-corrected chi connectivity index (χ1v) is 9.94. The number of hydrogen-bond acceptors (Lipinski definition) is 5. The van der Waals surface area contributed by atoms with Crippen LogP contribution < -0.4 is 21.5 Å². The first-order valence-electron chi connectivity index (χ1n) is 9.94. The van der Waals surface area contributed by atoms with Gasteiger partial charge in [0.2, 0.25) is 5.91 Å². The number of aliphatic hydroxyl groups is 1. The number of aliphatic hydroxyl groups excluding tert-OH is 1. The van der Waals surface area contributed by atoms with Gasteiger partial charge in [0.1, 0.15) is 11.7 Å². The van der Waals surface area contributed by atoms with E-state index in [9.17, 15) is 14.7 Å². The molecule has 0 radical (unpaired) electrons. The fraction of sp³-hybridized carbons (Fsp3) is 0.391. The van der Waals surface area contributed by atoms with E-state index in [1.807, 2.05) is 45.9 Å². The maximum absolute atomic E-state index is 12.7. The number of aryl methyl sites for hydroxylation is 2. The van der Waals surface area contributed by atoms with Gasteiger partial charge in [-0.1, -0.05) is 25.8 Å². The van der Waals surface area contributed by atoms with Gasteiger partial charge in [-0.05, 0) is 49.1 Å². The Morgan fingerprint density at radius 3 is 2.57 bits per heavy atom. The van der Waals surface area contributed by atoms with Gasteiger partial charge >= 0.3 is 0 Å². The van der Waals surface area contributed by atoms with Crippen molar-refractivity contribution < 1.29 is 9.90 Å². The van der Waals surface area contributed by atoms with E-state index in [0.717, 1.165) is 16.7 Å². The Morgan fingerprint density at radius 1 is 1.27 bits per heavy atom. The number of nitrogens with zero attached hydrogens (tertiary/aromatic N) is 1. The van der Waals surface area contributed by atoms with Crippen LogP contribution in [0, 0.1) is 25.2 Å². The van der Waals surface area contributed by atoms with Crippen molar-refractivity contribution in [3.05, 3.63) is 46.4 Å². The largest absolute Gasteiger partial charge is 0.369 e. The molecular weight excluding hydrogens is 380 g/mol. The van der Waals surface area contributed by atoms with Gasteiger partial charge in [0.25, 0.3) is 5.56 Å². The van der Waals surface area contributed by atoms with Crippen LogP contribution in [0.4, 0.5) is 11.4 Å². The average Bonchev–Trinajstić information content (AvgIpc) is 2.70. The highest BCUT2D eigenvalue weighted by atomic mass is 16.3. The van der Waals surface area contributed by atoms with Crippen LogP contribution in [0.15, 0.2) is 35.3 Å². The van der Waals surface area contributed by atoms with E-state index in [-0.39, 0.29) is 17.4 Å². The summed E-state index contributed by atoms with van der Waals surface area (Å²) in [5, 5.41) is 18.4. The van der Waals surface area contributed by atoms with Crippen LogP contribution in [0.25, 0.3) is 11.1 Å². The molecule has 1 unspecified atom stereocenters. The number of pyridine rings is 1. The molecule has 0 aliphatic heterocycles. The van der Waals surface area contributed by atoms with Gasteiger partial charge in [-0.25, -0.2) is 0 Å². The zero-order valence-electron chi connectivity index (χ0n) is 18.1. The lowest BCUT2D eigenvalue weighted by atomic mass is 9.99. The molecule has 0 bridgehead atoms. The molecule has 2 atom stereocenters. The number of anilines is 2.